The van der Waals surface area contributed by atoms with Crippen LogP contribution in [0.3, 0.4) is 0 Å². The molecule has 0 heterocycles. The zero-order valence-corrected chi connectivity index (χ0v) is 18.8. The molecule has 3 N–H and O–H groups in total. The van der Waals surface area contributed by atoms with E-state index < -0.39 is 27.9 Å². The van der Waals surface area contributed by atoms with Crippen molar-refractivity contribution in [3.63, 3.8) is 0 Å². The Morgan fingerprint density at radius 3 is 2.29 bits per heavy atom. The highest BCUT2D eigenvalue weighted by atomic mass is 32.2. The highest BCUT2D eigenvalue weighted by Gasteiger charge is 2.22. The number of fused-ring (bicyclic) bond motifs is 1. The molecule has 0 bridgehead atoms. The summed E-state index contributed by atoms with van der Waals surface area (Å²) < 4.78 is 30.5. The molecule has 0 fully saturated rings. The number of nitrogens with one attached hydrogen (secondary N) is 2. The molecule has 0 aliphatic heterocycles. The van der Waals surface area contributed by atoms with Gasteiger partial charge in [-0.05, 0) is 42.6 Å². The largest absolute Gasteiger partial charge is 0.478 e. The fourth-order valence-corrected chi connectivity index (χ4v) is 4.28. The molecular weight excluding hydrogens is 456 g/mol. The van der Waals surface area contributed by atoms with E-state index in [0.717, 1.165) is 28.5 Å². The molecule has 0 aromatic heterocycles. The van der Waals surface area contributed by atoms with E-state index in [4.69, 9.17) is 4.18 Å². The molecule has 172 valence electrons. The van der Waals surface area contributed by atoms with Gasteiger partial charge in [0.1, 0.15) is 10.5 Å². The van der Waals surface area contributed by atoms with Gasteiger partial charge in [-0.1, -0.05) is 54.1 Å². The number of benzene rings is 4. The highest BCUT2D eigenvalue weighted by molar-refractivity contribution is 7.87. The zero-order valence-electron chi connectivity index (χ0n) is 18.0. The molecule has 0 spiro atoms. The minimum atomic E-state index is -4.30. The highest BCUT2D eigenvalue weighted by Crippen LogP contribution is 2.28. The fourth-order valence-electron chi connectivity index (χ4n) is 3.34. The number of carbonyl (C=O) groups is 2. The number of hydrogen-bond acceptors (Lipinski definition) is 5. The average Bonchev–Trinajstić information content (AvgIpc) is 2.79. The fraction of sp³-hybridized carbons (Fsp3) is 0.0400. The van der Waals surface area contributed by atoms with Gasteiger partial charge < -0.3 is 19.9 Å². The predicted molar refractivity (Wildman–Crippen MR) is 129 cm³/mol. The van der Waals surface area contributed by atoms with Crippen molar-refractivity contribution in [1.29, 1.82) is 0 Å². The number of hydrogen-bond donors (Lipinski definition) is 3. The number of aromatic carboxylic acids is 1. The van der Waals surface area contributed by atoms with Crippen LogP contribution in [0, 0.1) is 6.92 Å². The Kier molecular flexibility index (Phi) is 6.20. The molecule has 0 aliphatic carbocycles. The second kappa shape index (κ2) is 9.24. The van der Waals surface area contributed by atoms with E-state index >= 15 is 0 Å². The van der Waals surface area contributed by atoms with Crippen molar-refractivity contribution in [3.05, 3.63) is 96.1 Å². The summed E-state index contributed by atoms with van der Waals surface area (Å²) in [7, 11) is -4.30. The molecular formula is C25H20N2O6S. The van der Waals surface area contributed by atoms with Crippen LogP contribution in [0.25, 0.3) is 10.8 Å². The van der Waals surface area contributed by atoms with Crippen molar-refractivity contribution >= 4 is 44.3 Å². The monoisotopic (exact) mass is 476 g/mol. The molecule has 0 unspecified atom stereocenters. The normalized spacial score (nSPS) is 11.1. The van der Waals surface area contributed by atoms with E-state index in [1.165, 1.54) is 18.2 Å². The number of carboxylic acid groups (broad SMARTS) is 1. The second-order valence-electron chi connectivity index (χ2n) is 7.47. The number of anilines is 2. The molecule has 4 aromatic carbocycles. The van der Waals surface area contributed by atoms with Gasteiger partial charge in [0.15, 0.2) is 5.75 Å². The smallest absolute Gasteiger partial charge is 0.339 e. The van der Waals surface area contributed by atoms with Crippen molar-refractivity contribution in [2.45, 2.75) is 11.8 Å². The van der Waals surface area contributed by atoms with Crippen LogP contribution in [-0.2, 0) is 10.1 Å². The van der Waals surface area contributed by atoms with Crippen LogP contribution in [0.5, 0.6) is 5.75 Å². The van der Waals surface area contributed by atoms with Crippen LogP contribution in [0.4, 0.5) is 16.2 Å². The number of amides is 2. The molecule has 0 radical (unpaired) electrons. The predicted octanol–water partition coefficient (Wildman–Crippen LogP) is 5.26. The second-order valence-corrected chi connectivity index (χ2v) is 9.02. The first-order valence-electron chi connectivity index (χ1n) is 10.2. The third kappa shape index (κ3) is 5.00. The zero-order chi connectivity index (χ0) is 24.3. The summed E-state index contributed by atoms with van der Waals surface area (Å²) in [6.07, 6.45) is 0. The maximum Gasteiger partial charge on any atom is 0.339 e. The van der Waals surface area contributed by atoms with Crippen LogP contribution in [-0.4, -0.2) is 25.5 Å². The Balaban J connectivity index is 1.58. The van der Waals surface area contributed by atoms with Gasteiger partial charge >= 0.3 is 22.1 Å². The van der Waals surface area contributed by atoms with Crippen LogP contribution in [0.15, 0.2) is 89.8 Å². The summed E-state index contributed by atoms with van der Waals surface area (Å²) >= 11 is 0. The maximum atomic E-state index is 12.7. The van der Waals surface area contributed by atoms with Crippen molar-refractivity contribution in [2.75, 3.05) is 10.6 Å². The lowest BCUT2D eigenvalue weighted by Gasteiger charge is -2.13. The lowest BCUT2D eigenvalue weighted by Crippen LogP contribution is -2.20. The van der Waals surface area contributed by atoms with E-state index in [1.54, 1.807) is 25.1 Å². The number of carbonyl (C=O) groups excluding carboxylic acids is 1. The van der Waals surface area contributed by atoms with E-state index in [-0.39, 0.29) is 16.1 Å². The molecule has 4 aromatic rings. The standard InChI is InChI=1S/C25H20N2O6S/c1-16-9-12-19(13-10-16)34(31,32)33-23-15-18(11-14-21(23)24(28)29)26-25(30)27-22-8-4-6-17-5-2-3-7-20(17)22/h2-15H,1H3,(H,28,29)(H2,26,27,30). The summed E-state index contributed by atoms with van der Waals surface area (Å²) in [6.45, 7) is 1.80. The van der Waals surface area contributed by atoms with Gasteiger partial charge in [0.2, 0.25) is 0 Å². The summed E-state index contributed by atoms with van der Waals surface area (Å²) in [5.41, 5.74) is 1.22. The topological polar surface area (TPSA) is 122 Å². The van der Waals surface area contributed by atoms with Gasteiger partial charge in [-0.25, -0.2) is 9.59 Å². The number of urea groups is 1. The van der Waals surface area contributed by atoms with Crippen LogP contribution < -0.4 is 14.8 Å². The van der Waals surface area contributed by atoms with Crippen LogP contribution in [0.1, 0.15) is 15.9 Å². The average molecular weight is 477 g/mol. The Bertz CT molecular complexity index is 1490. The van der Waals surface area contributed by atoms with Gasteiger partial charge in [-0.15, -0.1) is 0 Å². The first-order chi connectivity index (χ1) is 16.2. The van der Waals surface area contributed by atoms with E-state index in [9.17, 15) is 23.1 Å². The van der Waals surface area contributed by atoms with E-state index in [0.29, 0.717) is 5.69 Å². The molecule has 8 nitrogen and oxygen atoms in total. The Hall–Kier alpha value is -4.37. The number of aryl methyl sites for hydroxylation is 1. The SMILES string of the molecule is Cc1ccc(S(=O)(=O)Oc2cc(NC(=O)Nc3cccc4ccccc34)ccc2C(=O)O)cc1. The molecule has 0 atom stereocenters. The summed E-state index contributed by atoms with van der Waals surface area (Å²) in [6, 6.07) is 22.0. The Labute approximate surface area is 195 Å². The molecule has 2 amide bonds. The number of carboxylic acids is 1. The van der Waals surface area contributed by atoms with Gasteiger partial charge in [0.05, 0.1) is 5.69 Å². The third-order valence-electron chi connectivity index (χ3n) is 5.02. The molecule has 4 rings (SSSR count). The Morgan fingerprint density at radius 1 is 0.853 bits per heavy atom. The van der Waals surface area contributed by atoms with Crippen LogP contribution >= 0.6 is 0 Å². The lowest BCUT2D eigenvalue weighted by molar-refractivity contribution is 0.0695. The minimum absolute atomic E-state index is 0.124. The van der Waals surface area contributed by atoms with Gasteiger partial charge in [-0.3, -0.25) is 0 Å². The molecule has 34 heavy (non-hydrogen) atoms. The van der Waals surface area contributed by atoms with Gasteiger partial charge in [0.25, 0.3) is 0 Å². The molecule has 9 heteroatoms. The lowest BCUT2D eigenvalue weighted by atomic mass is 10.1. The Morgan fingerprint density at radius 2 is 1.56 bits per heavy atom. The van der Waals surface area contributed by atoms with Crippen molar-refractivity contribution in [3.8, 4) is 5.75 Å². The molecule has 0 aliphatic rings. The van der Waals surface area contributed by atoms with Gasteiger partial charge in [0, 0.05) is 17.1 Å². The maximum absolute atomic E-state index is 12.7. The summed E-state index contributed by atoms with van der Waals surface area (Å²) in [5, 5.41) is 16.6. The van der Waals surface area contributed by atoms with Crippen molar-refractivity contribution in [2.24, 2.45) is 0 Å². The molecule has 0 saturated heterocycles. The van der Waals surface area contributed by atoms with E-state index in [2.05, 4.69) is 10.6 Å². The summed E-state index contributed by atoms with van der Waals surface area (Å²) in [5.74, 6) is -1.79. The number of rotatable bonds is 6. The summed E-state index contributed by atoms with van der Waals surface area (Å²) in [4.78, 5) is 24.1. The third-order valence-corrected chi connectivity index (χ3v) is 6.27. The van der Waals surface area contributed by atoms with Crippen molar-refractivity contribution in [1.82, 2.24) is 0 Å². The first kappa shape index (κ1) is 22.8. The minimum Gasteiger partial charge on any atom is -0.478 e. The van der Waals surface area contributed by atoms with Crippen molar-refractivity contribution < 1.29 is 27.3 Å². The van der Waals surface area contributed by atoms with E-state index in [1.807, 2.05) is 36.4 Å². The first-order valence-corrected chi connectivity index (χ1v) is 11.6. The molecule has 0 saturated carbocycles. The van der Waals surface area contributed by atoms with Gasteiger partial charge in [-0.2, -0.15) is 8.42 Å². The van der Waals surface area contributed by atoms with Crippen LogP contribution in [0.2, 0.25) is 0 Å². The quantitative estimate of drug-likeness (QED) is 0.327.